The Balaban J connectivity index is 1.56. The van der Waals surface area contributed by atoms with E-state index in [9.17, 15) is 9.59 Å². The zero-order valence-electron chi connectivity index (χ0n) is 22.2. The van der Waals surface area contributed by atoms with E-state index in [0.717, 1.165) is 16.7 Å². The van der Waals surface area contributed by atoms with Crippen LogP contribution in [0.2, 0.25) is 5.02 Å². The minimum Gasteiger partial charge on any atom is -0.490 e. The molecule has 204 valence electrons. The number of nitrogens with zero attached hydrogens (tertiary/aromatic N) is 2. The Hall–Kier alpha value is -4.14. The molecule has 1 aliphatic heterocycles. The number of carbonyl (C=O) groups excluding carboxylic acids is 1. The van der Waals surface area contributed by atoms with E-state index in [-0.39, 0.29) is 5.56 Å². The van der Waals surface area contributed by atoms with Crippen LogP contribution in [0.3, 0.4) is 0 Å². The molecule has 2 heterocycles. The van der Waals surface area contributed by atoms with E-state index in [1.165, 1.54) is 18.4 Å². The predicted molar refractivity (Wildman–Crippen MR) is 156 cm³/mol. The largest absolute Gasteiger partial charge is 0.490 e. The molecule has 0 saturated heterocycles. The lowest BCUT2D eigenvalue weighted by Gasteiger charge is -2.24. The first kappa shape index (κ1) is 27.4. The number of fused-ring (bicyclic) bond motifs is 1. The van der Waals surface area contributed by atoms with Crippen molar-refractivity contribution >= 4 is 35.0 Å². The molecular weight excluding hydrogens is 548 g/mol. The zero-order chi connectivity index (χ0) is 28.2. The highest BCUT2D eigenvalue weighted by Gasteiger charge is 2.33. The lowest BCUT2D eigenvalue weighted by molar-refractivity contribution is -0.136. The Morgan fingerprint density at radius 3 is 2.50 bits per heavy atom. The summed E-state index contributed by atoms with van der Waals surface area (Å²) in [6.07, 6.45) is 1.80. The van der Waals surface area contributed by atoms with Crippen molar-refractivity contribution in [3.8, 4) is 11.5 Å². The fourth-order valence-corrected chi connectivity index (χ4v) is 5.71. The van der Waals surface area contributed by atoms with Crippen LogP contribution in [0, 0.1) is 0 Å². The number of esters is 1. The molecule has 0 fully saturated rings. The van der Waals surface area contributed by atoms with Gasteiger partial charge in [0.2, 0.25) is 0 Å². The number of allylic oxidation sites excluding steroid dienone is 1. The summed E-state index contributed by atoms with van der Waals surface area (Å²) in [6.45, 7) is 4.52. The normalized spacial score (nSPS) is 14.9. The van der Waals surface area contributed by atoms with Crippen LogP contribution in [0.5, 0.6) is 11.5 Å². The zero-order valence-corrected chi connectivity index (χ0v) is 23.8. The standard InChI is InChI=1S/C31H27ClN2O5S/c1-4-38-25-16-21(10-15-24(25)39-18-20-8-6-5-7-9-20)17-26-29(35)34-28(22-11-13-23(32)14-12-22)27(30(36)37-3)19(2)33-31(34)40-26/h5-17,28H,4,18H2,1-3H3/b26-17-/t28-/m1/s1. The summed E-state index contributed by atoms with van der Waals surface area (Å²) in [6, 6.07) is 21.8. The van der Waals surface area contributed by atoms with E-state index in [2.05, 4.69) is 4.99 Å². The second-order valence-electron chi connectivity index (χ2n) is 9.04. The van der Waals surface area contributed by atoms with Crippen LogP contribution in [-0.4, -0.2) is 24.3 Å². The van der Waals surface area contributed by atoms with Crippen molar-refractivity contribution in [2.45, 2.75) is 26.5 Å². The van der Waals surface area contributed by atoms with Gasteiger partial charge in [-0.25, -0.2) is 9.79 Å². The number of hydrogen-bond acceptors (Lipinski definition) is 7. The number of halogens is 1. The summed E-state index contributed by atoms with van der Waals surface area (Å²) >= 11 is 7.37. The van der Waals surface area contributed by atoms with Gasteiger partial charge in [-0.05, 0) is 60.9 Å². The van der Waals surface area contributed by atoms with Gasteiger partial charge < -0.3 is 14.2 Å². The van der Waals surface area contributed by atoms with E-state index in [4.69, 9.17) is 25.8 Å². The Morgan fingerprint density at radius 2 is 1.80 bits per heavy atom. The highest BCUT2D eigenvalue weighted by Crippen LogP contribution is 2.32. The van der Waals surface area contributed by atoms with Gasteiger partial charge in [0, 0.05) is 5.02 Å². The Kier molecular flexibility index (Phi) is 8.19. The first-order valence-corrected chi connectivity index (χ1v) is 13.9. The third-order valence-electron chi connectivity index (χ3n) is 6.42. The van der Waals surface area contributed by atoms with E-state index >= 15 is 0 Å². The van der Waals surface area contributed by atoms with Gasteiger partial charge in [0.1, 0.15) is 6.61 Å². The van der Waals surface area contributed by atoms with Crippen molar-refractivity contribution in [1.82, 2.24) is 4.57 Å². The molecular formula is C31H27ClN2O5S. The van der Waals surface area contributed by atoms with Crippen LogP contribution in [0.1, 0.15) is 36.6 Å². The topological polar surface area (TPSA) is 79.1 Å². The van der Waals surface area contributed by atoms with Crippen molar-refractivity contribution in [2.24, 2.45) is 4.99 Å². The number of benzene rings is 3. The van der Waals surface area contributed by atoms with Gasteiger partial charge in [-0.2, -0.15) is 0 Å². The summed E-state index contributed by atoms with van der Waals surface area (Å²) < 4.78 is 18.9. The van der Waals surface area contributed by atoms with Crippen molar-refractivity contribution in [1.29, 1.82) is 0 Å². The van der Waals surface area contributed by atoms with Gasteiger partial charge in [0.05, 0.1) is 35.6 Å². The Labute approximate surface area is 240 Å². The van der Waals surface area contributed by atoms with Crippen molar-refractivity contribution in [3.63, 3.8) is 0 Å². The third kappa shape index (κ3) is 5.59. The van der Waals surface area contributed by atoms with Gasteiger partial charge in [0.25, 0.3) is 5.56 Å². The summed E-state index contributed by atoms with van der Waals surface area (Å²) in [4.78, 5) is 31.7. The fraction of sp³-hybridized carbons (Fsp3) is 0.194. The maximum Gasteiger partial charge on any atom is 0.338 e. The summed E-state index contributed by atoms with van der Waals surface area (Å²) in [5.74, 6) is 0.663. The molecule has 0 radical (unpaired) electrons. The smallest absolute Gasteiger partial charge is 0.338 e. The molecule has 3 aromatic carbocycles. The molecule has 1 atom stereocenters. The number of rotatable bonds is 8. The molecule has 0 aliphatic carbocycles. The molecule has 0 N–H and O–H groups in total. The number of methoxy groups -OCH3 is 1. The summed E-state index contributed by atoms with van der Waals surface area (Å²) in [5, 5.41) is 0.553. The third-order valence-corrected chi connectivity index (χ3v) is 7.65. The number of ether oxygens (including phenoxy) is 3. The molecule has 1 aromatic heterocycles. The number of carbonyl (C=O) groups is 1. The van der Waals surface area contributed by atoms with E-state index in [0.29, 0.717) is 50.3 Å². The van der Waals surface area contributed by atoms with Gasteiger partial charge in [-0.3, -0.25) is 9.36 Å². The lowest BCUT2D eigenvalue weighted by atomic mass is 9.96. The summed E-state index contributed by atoms with van der Waals surface area (Å²) in [5.41, 5.74) is 3.09. The Morgan fingerprint density at radius 1 is 1.05 bits per heavy atom. The van der Waals surface area contributed by atoms with Gasteiger partial charge in [0.15, 0.2) is 16.3 Å². The minimum absolute atomic E-state index is 0.264. The molecule has 0 saturated carbocycles. The second-order valence-corrected chi connectivity index (χ2v) is 10.5. The molecule has 0 unspecified atom stereocenters. The number of aromatic nitrogens is 1. The molecule has 5 rings (SSSR count). The minimum atomic E-state index is -0.698. The lowest BCUT2D eigenvalue weighted by Crippen LogP contribution is -2.39. The SMILES string of the molecule is CCOc1cc(/C=c2\sc3n(c2=O)[C@H](c2ccc(Cl)cc2)C(C(=O)OC)=C(C)N=3)ccc1OCc1ccccc1. The van der Waals surface area contributed by atoms with Crippen molar-refractivity contribution in [2.75, 3.05) is 13.7 Å². The molecule has 40 heavy (non-hydrogen) atoms. The van der Waals surface area contributed by atoms with E-state index < -0.39 is 12.0 Å². The van der Waals surface area contributed by atoms with Crippen molar-refractivity contribution < 1.29 is 19.0 Å². The molecule has 0 spiro atoms. The van der Waals surface area contributed by atoms with E-state index in [1.54, 1.807) is 41.8 Å². The molecule has 0 amide bonds. The average Bonchev–Trinajstić information content (AvgIpc) is 3.26. The molecule has 0 bridgehead atoms. The molecule has 7 nitrogen and oxygen atoms in total. The maximum atomic E-state index is 13.8. The quantitative estimate of drug-likeness (QED) is 0.276. The monoisotopic (exact) mass is 574 g/mol. The maximum absolute atomic E-state index is 13.8. The van der Waals surface area contributed by atoms with Gasteiger partial charge >= 0.3 is 5.97 Å². The van der Waals surface area contributed by atoms with E-state index in [1.807, 2.05) is 55.5 Å². The second kappa shape index (κ2) is 11.9. The van der Waals surface area contributed by atoms with Gasteiger partial charge in [-0.1, -0.05) is 71.5 Å². The van der Waals surface area contributed by atoms with Crippen LogP contribution in [0.4, 0.5) is 0 Å². The molecule has 9 heteroatoms. The first-order chi connectivity index (χ1) is 19.4. The Bertz CT molecular complexity index is 1760. The highest BCUT2D eigenvalue weighted by molar-refractivity contribution is 7.07. The van der Waals surface area contributed by atoms with Crippen LogP contribution < -0.4 is 24.4 Å². The van der Waals surface area contributed by atoms with Crippen LogP contribution >= 0.6 is 22.9 Å². The average molecular weight is 575 g/mol. The first-order valence-electron chi connectivity index (χ1n) is 12.7. The summed E-state index contributed by atoms with van der Waals surface area (Å²) in [7, 11) is 1.32. The van der Waals surface area contributed by atoms with Crippen LogP contribution in [-0.2, 0) is 16.1 Å². The van der Waals surface area contributed by atoms with Crippen LogP contribution in [0.15, 0.2) is 93.9 Å². The van der Waals surface area contributed by atoms with Crippen LogP contribution in [0.25, 0.3) is 6.08 Å². The fourth-order valence-electron chi connectivity index (χ4n) is 4.54. The molecule has 4 aromatic rings. The highest BCUT2D eigenvalue weighted by atomic mass is 35.5. The predicted octanol–water partition coefficient (Wildman–Crippen LogP) is 5.04. The van der Waals surface area contributed by atoms with Gasteiger partial charge in [-0.15, -0.1) is 0 Å². The number of thiazole rings is 1. The molecule has 1 aliphatic rings. The number of hydrogen-bond donors (Lipinski definition) is 0. The van der Waals surface area contributed by atoms with Crippen molar-refractivity contribution in [3.05, 3.63) is 125 Å².